The fourth-order valence-electron chi connectivity index (χ4n) is 3.51. The highest BCUT2D eigenvalue weighted by atomic mass is 32.1. The Balaban J connectivity index is 1.84. The van der Waals surface area contributed by atoms with Crippen molar-refractivity contribution >= 4 is 33.8 Å². The predicted molar refractivity (Wildman–Crippen MR) is 101 cm³/mol. The van der Waals surface area contributed by atoms with Crippen LogP contribution in [0.4, 0.5) is 10.7 Å². The molecule has 0 aliphatic heterocycles. The number of nitrogens with two attached hydrogens (primary N) is 1. The van der Waals surface area contributed by atoms with Crippen LogP contribution in [0.1, 0.15) is 45.5 Å². The number of rotatable bonds is 5. The average molecular weight is 391 g/mol. The van der Waals surface area contributed by atoms with E-state index >= 15 is 0 Å². The van der Waals surface area contributed by atoms with E-state index in [1.54, 1.807) is 6.92 Å². The lowest BCUT2D eigenvalue weighted by Crippen LogP contribution is -2.22. The normalized spacial score (nSPS) is 16.0. The smallest absolute Gasteiger partial charge is 0.312 e. The number of nitrogens with zero attached hydrogens (tertiary/aromatic N) is 3. The summed E-state index contributed by atoms with van der Waals surface area (Å²) in [6.07, 6.45) is 2.61. The van der Waals surface area contributed by atoms with Crippen LogP contribution in [-0.4, -0.2) is 26.5 Å². The molecule has 27 heavy (non-hydrogen) atoms. The first-order valence-electron chi connectivity index (χ1n) is 8.61. The molecule has 2 aromatic rings. The number of carbonyl (C=O) groups excluding carboxylic acids is 2. The van der Waals surface area contributed by atoms with Crippen molar-refractivity contribution in [2.24, 2.45) is 11.7 Å². The molecule has 144 valence electrons. The van der Waals surface area contributed by atoms with Gasteiger partial charge in [0.15, 0.2) is 0 Å². The molecule has 0 saturated carbocycles. The maximum absolute atomic E-state index is 12.5. The summed E-state index contributed by atoms with van der Waals surface area (Å²) >= 11 is 1.38. The molecule has 1 atom stereocenters. The molecule has 2 amide bonds. The zero-order valence-electron chi connectivity index (χ0n) is 15.4. The molecular weight excluding hydrogens is 370 g/mol. The van der Waals surface area contributed by atoms with Crippen molar-refractivity contribution < 1.29 is 14.5 Å². The summed E-state index contributed by atoms with van der Waals surface area (Å²) in [4.78, 5) is 36.1. The van der Waals surface area contributed by atoms with Gasteiger partial charge in [-0.15, -0.1) is 11.3 Å². The number of fused-ring (bicyclic) bond motifs is 1. The molecule has 0 aromatic carbocycles. The van der Waals surface area contributed by atoms with E-state index in [2.05, 4.69) is 17.3 Å². The zero-order chi connectivity index (χ0) is 19.9. The molecule has 0 spiro atoms. The van der Waals surface area contributed by atoms with Gasteiger partial charge in [-0.05, 0) is 44.6 Å². The highest BCUT2D eigenvalue weighted by Crippen LogP contribution is 2.39. The number of anilines is 1. The van der Waals surface area contributed by atoms with Gasteiger partial charge in [-0.3, -0.25) is 24.4 Å². The second-order valence-corrected chi connectivity index (χ2v) is 8.01. The fourth-order valence-corrected chi connectivity index (χ4v) is 4.94. The van der Waals surface area contributed by atoms with Crippen molar-refractivity contribution in [1.82, 2.24) is 9.78 Å². The third-order valence-corrected chi connectivity index (χ3v) is 6.00. The van der Waals surface area contributed by atoms with Gasteiger partial charge in [0.05, 0.1) is 10.5 Å². The largest absolute Gasteiger partial charge is 0.365 e. The zero-order valence-corrected chi connectivity index (χ0v) is 16.2. The summed E-state index contributed by atoms with van der Waals surface area (Å²) in [5.41, 5.74) is 7.33. The standard InChI is InChI=1S/C17H21N5O4S/c1-8-4-5-11-12(6-8)27-17(14(11)16(18)24)19-13(23)7-21-10(3)15(22(25)26)9(2)20-21/h8H,4-7H2,1-3H3,(H2,18,24)(H,19,23)/t8-/m1/s1. The Kier molecular flexibility index (Phi) is 5.01. The minimum Gasteiger partial charge on any atom is -0.365 e. The van der Waals surface area contributed by atoms with E-state index in [1.165, 1.54) is 22.9 Å². The van der Waals surface area contributed by atoms with Gasteiger partial charge in [-0.1, -0.05) is 6.92 Å². The van der Waals surface area contributed by atoms with Crippen molar-refractivity contribution in [2.45, 2.75) is 46.6 Å². The molecule has 10 heteroatoms. The Morgan fingerprint density at radius 2 is 2.15 bits per heavy atom. The van der Waals surface area contributed by atoms with Crippen molar-refractivity contribution in [2.75, 3.05) is 5.32 Å². The predicted octanol–water partition coefficient (Wildman–Crippen LogP) is 2.33. The monoisotopic (exact) mass is 391 g/mol. The molecule has 0 saturated heterocycles. The van der Waals surface area contributed by atoms with Gasteiger partial charge in [0.1, 0.15) is 22.9 Å². The minimum atomic E-state index is -0.556. The molecule has 2 aromatic heterocycles. The lowest BCUT2D eigenvalue weighted by Gasteiger charge is -2.18. The van der Waals surface area contributed by atoms with Crippen LogP contribution < -0.4 is 11.1 Å². The van der Waals surface area contributed by atoms with Crippen LogP contribution in [0.25, 0.3) is 0 Å². The Bertz CT molecular complexity index is 946. The minimum absolute atomic E-state index is 0.0961. The van der Waals surface area contributed by atoms with Crippen molar-refractivity contribution in [3.8, 4) is 0 Å². The van der Waals surface area contributed by atoms with Crippen molar-refractivity contribution in [3.63, 3.8) is 0 Å². The second kappa shape index (κ2) is 7.10. The topological polar surface area (TPSA) is 133 Å². The van der Waals surface area contributed by atoms with E-state index in [4.69, 9.17) is 5.73 Å². The number of primary amides is 1. The highest BCUT2D eigenvalue weighted by Gasteiger charge is 2.28. The molecule has 1 aliphatic carbocycles. The first kappa shape index (κ1) is 19.0. The number of hydrogen-bond acceptors (Lipinski definition) is 6. The number of aryl methyl sites for hydroxylation is 1. The molecule has 1 aliphatic rings. The van der Waals surface area contributed by atoms with E-state index in [0.717, 1.165) is 29.7 Å². The Labute approximate surface area is 159 Å². The number of aromatic nitrogens is 2. The molecule has 0 radical (unpaired) electrons. The van der Waals surface area contributed by atoms with Crippen LogP contribution in [0.15, 0.2) is 0 Å². The Hall–Kier alpha value is -2.75. The summed E-state index contributed by atoms with van der Waals surface area (Å²) in [7, 11) is 0. The first-order chi connectivity index (χ1) is 12.7. The Morgan fingerprint density at radius 3 is 2.74 bits per heavy atom. The van der Waals surface area contributed by atoms with E-state index in [9.17, 15) is 19.7 Å². The SMILES string of the molecule is Cc1nn(CC(=O)Nc2sc3c(c2C(N)=O)CC[C@@H](C)C3)c(C)c1[N+](=O)[O-]. The van der Waals surface area contributed by atoms with Crippen LogP contribution in [-0.2, 0) is 24.2 Å². The maximum atomic E-state index is 12.5. The Morgan fingerprint density at radius 1 is 1.44 bits per heavy atom. The second-order valence-electron chi connectivity index (χ2n) is 6.90. The highest BCUT2D eigenvalue weighted by molar-refractivity contribution is 7.17. The third-order valence-electron chi connectivity index (χ3n) is 4.83. The van der Waals surface area contributed by atoms with E-state index in [0.29, 0.717) is 22.2 Å². The molecule has 0 fully saturated rings. The van der Waals surface area contributed by atoms with Gasteiger partial charge in [-0.2, -0.15) is 5.10 Å². The average Bonchev–Trinajstić information content (AvgIpc) is 3.03. The van der Waals surface area contributed by atoms with Gasteiger partial charge in [0.25, 0.3) is 5.91 Å². The van der Waals surface area contributed by atoms with Crippen LogP contribution in [0.5, 0.6) is 0 Å². The van der Waals surface area contributed by atoms with Crippen LogP contribution in [0, 0.1) is 29.9 Å². The van der Waals surface area contributed by atoms with Crippen LogP contribution in [0.3, 0.4) is 0 Å². The summed E-state index contributed by atoms with van der Waals surface area (Å²) in [6, 6.07) is 0. The molecule has 0 unspecified atom stereocenters. The number of nitro groups is 1. The molecular formula is C17H21N5O4S. The van der Waals surface area contributed by atoms with Gasteiger partial charge < -0.3 is 11.1 Å². The van der Waals surface area contributed by atoms with E-state index in [1.807, 2.05) is 0 Å². The first-order valence-corrected chi connectivity index (χ1v) is 9.43. The quantitative estimate of drug-likeness (QED) is 0.596. The number of thiophene rings is 1. The molecule has 2 heterocycles. The lowest BCUT2D eigenvalue weighted by atomic mass is 9.88. The lowest BCUT2D eigenvalue weighted by molar-refractivity contribution is -0.386. The van der Waals surface area contributed by atoms with E-state index < -0.39 is 16.7 Å². The number of nitrogens with one attached hydrogen (secondary N) is 1. The van der Waals surface area contributed by atoms with Gasteiger partial charge in [-0.25, -0.2) is 0 Å². The maximum Gasteiger partial charge on any atom is 0.312 e. The molecule has 3 N–H and O–H groups in total. The number of carbonyl (C=O) groups is 2. The molecule has 3 rings (SSSR count). The summed E-state index contributed by atoms with van der Waals surface area (Å²) < 4.78 is 1.29. The number of amides is 2. The number of hydrogen-bond donors (Lipinski definition) is 2. The summed E-state index contributed by atoms with van der Waals surface area (Å²) in [5, 5.41) is 18.4. The van der Waals surface area contributed by atoms with Crippen LogP contribution in [0.2, 0.25) is 0 Å². The summed E-state index contributed by atoms with van der Waals surface area (Å²) in [6.45, 7) is 5.04. The van der Waals surface area contributed by atoms with Gasteiger partial charge in [0.2, 0.25) is 5.91 Å². The third kappa shape index (κ3) is 3.57. The van der Waals surface area contributed by atoms with Crippen molar-refractivity contribution in [3.05, 3.63) is 37.5 Å². The summed E-state index contributed by atoms with van der Waals surface area (Å²) in [5.74, 6) is -0.445. The van der Waals surface area contributed by atoms with Crippen LogP contribution >= 0.6 is 11.3 Å². The fraction of sp³-hybridized carbons (Fsp3) is 0.471. The van der Waals surface area contributed by atoms with Gasteiger partial charge >= 0.3 is 5.69 Å². The van der Waals surface area contributed by atoms with Gasteiger partial charge in [0, 0.05) is 4.88 Å². The van der Waals surface area contributed by atoms with E-state index in [-0.39, 0.29) is 17.9 Å². The molecule has 9 nitrogen and oxygen atoms in total. The van der Waals surface area contributed by atoms with Crippen molar-refractivity contribution in [1.29, 1.82) is 0 Å². The molecule has 0 bridgehead atoms.